The molecule has 1 aromatic carbocycles. The Morgan fingerprint density at radius 3 is 2.86 bits per heavy atom. The van der Waals surface area contributed by atoms with Crippen LogP contribution in [0.5, 0.6) is 0 Å². The summed E-state index contributed by atoms with van der Waals surface area (Å²) < 4.78 is 6.44. The van der Waals surface area contributed by atoms with E-state index in [1.807, 2.05) is 6.07 Å². The molecule has 0 bridgehead atoms. The predicted molar refractivity (Wildman–Crippen MR) is 73.4 cm³/mol. The molecule has 0 atom stereocenters. The third kappa shape index (κ3) is 2.64. The van der Waals surface area contributed by atoms with Crippen LogP contribution < -0.4 is 5.32 Å². The number of nitrogens with zero attached hydrogens (tertiary/aromatic N) is 5. The number of aromatic nitrogens is 5. The standard InChI is InChI=1S/C13H12N6O2/c1-8-6-11(16-21-8)14-13(20)10-5-3-4-9(7-10)12-15-17-18-19(12)2/h3-7H,1-2H3,(H,14,16,20). The molecule has 0 aliphatic heterocycles. The molecular formula is C13H12N6O2. The Labute approximate surface area is 119 Å². The third-order valence-electron chi connectivity index (χ3n) is 2.87. The van der Waals surface area contributed by atoms with Gasteiger partial charge in [-0.3, -0.25) is 4.79 Å². The normalized spacial score (nSPS) is 10.6. The van der Waals surface area contributed by atoms with E-state index in [-0.39, 0.29) is 5.91 Å². The fourth-order valence-electron chi connectivity index (χ4n) is 1.89. The molecule has 3 aromatic rings. The lowest BCUT2D eigenvalue weighted by atomic mass is 10.1. The van der Waals surface area contributed by atoms with Gasteiger partial charge in [0.25, 0.3) is 5.91 Å². The first-order chi connectivity index (χ1) is 10.1. The molecule has 0 aliphatic carbocycles. The van der Waals surface area contributed by atoms with Gasteiger partial charge in [0.2, 0.25) is 0 Å². The molecule has 8 nitrogen and oxygen atoms in total. The number of amides is 1. The number of aryl methyl sites for hydroxylation is 2. The van der Waals surface area contributed by atoms with Gasteiger partial charge in [-0.05, 0) is 29.5 Å². The van der Waals surface area contributed by atoms with E-state index >= 15 is 0 Å². The van der Waals surface area contributed by atoms with Gasteiger partial charge in [0.05, 0.1) is 0 Å². The second-order valence-corrected chi connectivity index (χ2v) is 4.48. The SMILES string of the molecule is Cc1cc(NC(=O)c2cccc(-c3nnnn3C)c2)no1. The van der Waals surface area contributed by atoms with Gasteiger partial charge in [-0.15, -0.1) is 5.10 Å². The van der Waals surface area contributed by atoms with Gasteiger partial charge in [0, 0.05) is 24.2 Å². The quantitative estimate of drug-likeness (QED) is 0.781. The van der Waals surface area contributed by atoms with E-state index in [9.17, 15) is 4.79 Å². The molecule has 0 saturated carbocycles. The lowest BCUT2D eigenvalue weighted by molar-refractivity contribution is 0.102. The molecule has 0 unspecified atom stereocenters. The van der Waals surface area contributed by atoms with Crippen LogP contribution in [0.1, 0.15) is 16.1 Å². The van der Waals surface area contributed by atoms with Crippen LogP contribution in [0.25, 0.3) is 11.4 Å². The largest absolute Gasteiger partial charge is 0.360 e. The van der Waals surface area contributed by atoms with Gasteiger partial charge in [-0.25, -0.2) is 4.68 Å². The van der Waals surface area contributed by atoms with Crippen LogP contribution in [0, 0.1) is 6.92 Å². The molecule has 21 heavy (non-hydrogen) atoms. The molecule has 0 aliphatic rings. The smallest absolute Gasteiger partial charge is 0.256 e. The van der Waals surface area contributed by atoms with E-state index < -0.39 is 0 Å². The lowest BCUT2D eigenvalue weighted by Gasteiger charge is -2.04. The van der Waals surface area contributed by atoms with Gasteiger partial charge in [0.1, 0.15) is 5.76 Å². The first-order valence-corrected chi connectivity index (χ1v) is 6.21. The van der Waals surface area contributed by atoms with E-state index in [4.69, 9.17) is 4.52 Å². The van der Waals surface area contributed by atoms with Crippen LogP contribution in [0.4, 0.5) is 5.82 Å². The highest BCUT2D eigenvalue weighted by Crippen LogP contribution is 2.17. The minimum absolute atomic E-state index is 0.278. The van der Waals surface area contributed by atoms with E-state index in [1.165, 1.54) is 4.68 Å². The van der Waals surface area contributed by atoms with Crippen molar-refractivity contribution in [1.82, 2.24) is 25.4 Å². The number of tetrazole rings is 1. The van der Waals surface area contributed by atoms with Gasteiger partial charge in [-0.1, -0.05) is 17.3 Å². The number of benzene rings is 1. The minimum Gasteiger partial charge on any atom is -0.360 e. The first kappa shape index (κ1) is 13.0. The summed E-state index contributed by atoms with van der Waals surface area (Å²) in [4.78, 5) is 12.2. The number of rotatable bonds is 3. The van der Waals surface area contributed by atoms with Crippen molar-refractivity contribution in [1.29, 1.82) is 0 Å². The highest BCUT2D eigenvalue weighted by Gasteiger charge is 2.12. The number of carbonyl (C=O) groups is 1. The van der Waals surface area contributed by atoms with Gasteiger partial charge < -0.3 is 9.84 Å². The zero-order valence-electron chi connectivity index (χ0n) is 11.4. The van der Waals surface area contributed by atoms with Crippen LogP contribution >= 0.6 is 0 Å². The average molecular weight is 284 g/mol. The maximum Gasteiger partial charge on any atom is 0.256 e. The topological polar surface area (TPSA) is 98.7 Å². The molecule has 2 aromatic heterocycles. The van der Waals surface area contributed by atoms with Gasteiger partial charge >= 0.3 is 0 Å². The lowest BCUT2D eigenvalue weighted by Crippen LogP contribution is -2.12. The Hall–Kier alpha value is -3.03. The van der Waals surface area contributed by atoms with Crippen molar-refractivity contribution in [2.24, 2.45) is 7.05 Å². The summed E-state index contributed by atoms with van der Waals surface area (Å²) in [6, 6.07) is 8.67. The summed E-state index contributed by atoms with van der Waals surface area (Å²) in [5.74, 6) is 1.31. The van der Waals surface area contributed by atoms with Crippen molar-refractivity contribution in [3.05, 3.63) is 41.7 Å². The summed E-state index contributed by atoms with van der Waals surface area (Å²) >= 11 is 0. The van der Waals surface area contributed by atoms with Crippen molar-refractivity contribution in [2.75, 3.05) is 5.32 Å². The van der Waals surface area contributed by atoms with Crippen molar-refractivity contribution in [3.63, 3.8) is 0 Å². The van der Waals surface area contributed by atoms with Crippen LogP contribution in [0.2, 0.25) is 0 Å². The third-order valence-corrected chi connectivity index (χ3v) is 2.87. The molecule has 0 radical (unpaired) electrons. The highest BCUT2D eigenvalue weighted by molar-refractivity contribution is 6.04. The second-order valence-electron chi connectivity index (χ2n) is 4.48. The fraction of sp³-hybridized carbons (Fsp3) is 0.154. The molecule has 1 N–H and O–H groups in total. The van der Waals surface area contributed by atoms with E-state index in [1.54, 1.807) is 38.2 Å². The maximum atomic E-state index is 12.2. The second kappa shape index (κ2) is 5.16. The molecular weight excluding hydrogens is 272 g/mol. The molecule has 106 valence electrons. The fourth-order valence-corrected chi connectivity index (χ4v) is 1.89. The minimum atomic E-state index is -0.278. The Balaban J connectivity index is 1.86. The summed E-state index contributed by atoms with van der Waals surface area (Å²) in [7, 11) is 1.74. The monoisotopic (exact) mass is 284 g/mol. The molecule has 1 amide bonds. The van der Waals surface area contributed by atoms with Crippen molar-refractivity contribution in [2.45, 2.75) is 6.92 Å². The Morgan fingerprint density at radius 1 is 1.33 bits per heavy atom. The summed E-state index contributed by atoms with van der Waals surface area (Å²) in [6.45, 7) is 1.75. The Kier molecular flexibility index (Phi) is 3.19. The zero-order valence-corrected chi connectivity index (χ0v) is 11.4. The maximum absolute atomic E-state index is 12.2. The van der Waals surface area contributed by atoms with Crippen molar-refractivity contribution < 1.29 is 9.32 Å². The van der Waals surface area contributed by atoms with Crippen LogP contribution in [0.15, 0.2) is 34.9 Å². The summed E-state index contributed by atoms with van der Waals surface area (Å²) in [5.41, 5.74) is 1.24. The van der Waals surface area contributed by atoms with E-state index in [0.29, 0.717) is 23.0 Å². The van der Waals surface area contributed by atoms with E-state index in [2.05, 4.69) is 26.0 Å². The van der Waals surface area contributed by atoms with Crippen LogP contribution in [0.3, 0.4) is 0 Å². The van der Waals surface area contributed by atoms with Crippen molar-refractivity contribution >= 4 is 11.7 Å². The number of hydrogen-bond donors (Lipinski definition) is 1. The van der Waals surface area contributed by atoms with Gasteiger partial charge in [0.15, 0.2) is 11.6 Å². The Morgan fingerprint density at radius 2 is 2.19 bits per heavy atom. The average Bonchev–Trinajstić information content (AvgIpc) is 3.07. The highest BCUT2D eigenvalue weighted by atomic mass is 16.5. The number of anilines is 1. The number of nitrogens with one attached hydrogen (secondary N) is 1. The van der Waals surface area contributed by atoms with Gasteiger partial charge in [-0.2, -0.15) is 0 Å². The Bertz CT molecular complexity index is 791. The zero-order chi connectivity index (χ0) is 14.8. The molecule has 0 saturated heterocycles. The van der Waals surface area contributed by atoms with Crippen molar-refractivity contribution in [3.8, 4) is 11.4 Å². The molecule has 0 spiro atoms. The molecule has 2 heterocycles. The van der Waals surface area contributed by atoms with E-state index in [0.717, 1.165) is 5.56 Å². The summed E-state index contributed by atoms with van der Waals surface area (Å²) in [6.07, 6.45) is 0. The molecule has 0 fully saturated rings. The van der Waals surface area contributed by atoms with Crippen LogP contribution in [-0.4, -0.2) is 31.3 Å². The number of hydrogen-bond acceptors (Lipinski definition) is 6. The number of carbonyl (C=O) groups excluding carboxylic acids is 1. The first-order valence-electron chi connectivity index (χ1n) is 6.21. The predicted octanol–water partition coefficient (Wildman–Crippen LogP) is 1.43. The molecule has 8 heteroatoms. The van der Waals surface area contributed by atoms with Crippen LogP contribution in [-0.2, 0) is 7.05 Å². The molecule has 3 rings (SSSR count). The summed E-state index contributed by atoms with van der Waals surface area (Å²) in [5, 5.41) is 17.7.